The monoisotopic (exact) mass is 236 g/mol. The van der Waals surface area contributed by atoms with Crippen LogP contribution < -0.4 is 11.1 Å². The molecule has 0 saturated carbocycles. The number of H-pyrrole nitrogens is 1. The third-order valence-electron chi connectivity index (χ3n) is 2.26. The van der Waals surface area contributed by atoms with E-state index in [1.54, 1.807) is 23.3 Å². The Morgan fingerprint density at radius 2 is 2.18 bits per heavy atom. The molecule has 1 unspecified atom stereocenters. The molecule has 17 heavy (non-hydrogen) atoms. The highest BCUT2D eigenvalue weighted by atomic mass is 16.3. The Morgan fingerprint density at radius 1 is 1.35 bits per heavy atom. The Kier molecular flexibility index (Phi) is 3.20. The van der Waals surface area contributed by atoms with Gasteiger partial charge in [0.2, 0.25) is 0 Å². The zero-order valence-electron chi connectivity index (χ0n) is 8.98. The van der Waals surface area contributed by atoms with Crippen molar-refractivity contribution in [3.05, 3.63) is 51.6 Å². The molecule has 2 aromatic rings. The second kappa shape index (κ2) is 4.79. The summed E-state index contributed by atoms with van der Waals surface area (Å²) in [6.07, 6.45) is 4.10. The van der Waals surface area contributed by atoms with E-state index in [1.807, 2.05) is 0 Å². The maximum atomic E-state index is 11.4. The SMILES string of the molecule is O=c1ccc(=O)n(CC(O)Cn2ccnc2)[nH]1. The molecule has 0 spiro atoms. The van der Waals surface area contributed by atoms with Crippen LogP contribution in [0.1, 0.15) is 0 Å². The first-order valence-corrected chi connectivity index (χ1v) is 5.09. The van der Waals surface area contributed by atoms with E-state index in [0.717, 1.165) is 10.7 Å². The molecule has 0 saturated heterocycles. The van der Waals surface area contributed by atoms with E-state index >= 15 is 0 Å². The standard InChI is InChI=1S/C10H12N4O3/c15-8(5-13-4-3-11-7-13)6-14-10(17)2-1-9(16)12-14/h1-4,7-8,15H,5-6H2,(H,12,16). The molecule has 0 aliphatic heterocycles. The maximum absolute atomic E-state index is 11.4. The van der Waals surface area contributed by atoms with Crippen molar-refractivity contribution >= 4 is 0 Å². The van der Waals surface area contributed by atoms with Gasteiger partial charge in [-0.3, -0.25) is 14.7 Å². The van der Waals surface area contributed by atoms with Gasteiger partial charge >= 0.3 is 0 Å². The number of aromatic amines is 1. The van der Waals surface area contributed by atoms with E-state index in [0.29, 0.717) is 6.54 Å². The fraction of sp³-hybridized carbons (Fsp3) is 0.300. The van der Waals surface area contributed by atoms with Crippen LogP contribution in [0, 0.1) is 0 Å². The number of rotatable bonds is 4. The van der Waals surface area contributed by atoms with E-state index in [9.17, 15) is 14.7 Å². The zero-order valence-corrected chi connectivity index (χ0v) is 8.98. The summed E-state index contributed by atoms with van der Waals surface area (Å²) in [5, 5.41) is 12.1. The van der Waals surface area contributed by atoms with Crippen LogP contribution in [0.2, 0.25) is 0 Å². The van der Waals surface area contributed by atoms with E-state index in [1.165, 1.54) is 6.07 Å². The van der Waals surface area contributed by atoms with E-state index < -0.39 is 6.10 Å². The van der Waals surface area contributed by atoms with Crippen LogP contribution in [0.15, 0.2) is 40.4 Å². The molecule has 0 aliphatic rings. The largest absolute Gasteiger partial charge is 0.389 e. The summed E-state index contributed by atoms with van der Waals surface area (Å²) in [5.41, 5.74) is -0.728. The minimum absolute atomic E-state index is 0.0348. The van der Waals surface area contributed by atoms with E-state index in [-0.39, 0.29) is 17.7 Å². The fourth-order valence-corrected chi connectivity index (χ4v) is 1.50. The second-order valence-electron chi connectivity index (χ2n) is 3.67. The Hall–Kier alpha value is -2.15. The quantitative estimate of drug-likeness (QED) is 0.697. The number of aromatic nitrogens is 4. The average Bonchev–Trinajstić information content (AvgIpc) is 2.76. The number of nitrogens with one attached hydrogen (secondary N) is 1. The lowest BCUT2D eigenvalue weighted by atomic mass is 10.3. The van der Waals surface area contributed by atoms with Gasteiger partial charge in [0.1, 0.15) is 0 Å². The summed E-state index contributed by atoms with van der Waals surface area (Å²) in [7, 11) is 0. The molecule has 90 valence electrons. The van der Waals surface area contributed by atoms with Crippen molar-refractivity contribution < 1.29 is 5.11 Å². The van der Waals surface area contributed by atoms with Crippen LogP contribution in [-0.4, -0.2) is 30.5 Å². The van der Waals surface area contributed by atoms with Gasteiger partial charge < -0.3 is 9.67 Å². The highest BCUT2D eigenvalue weighted by Gasteiger charge is 2.07. The van der Waals surface area contributed by atoms with Gasteiger partial charge in [-0.25, -0.2) is 9.67 Å². The molecule has 2 N–H and O–H groups in total. The van der Waals surface area contributed by atoms with Gasteiger partial charge in [-0.1, -0.05) is 0 Å². The maximum Gasteiger partial charge on any atom is 0.265 e. The molecule has 0 fully saturated rings. The Bertz CT molecular complexity index is 584. The van der Waals surface area contributed by atoms with Gasteiger partial charge in [-0.2, -0.15) is 0 Å². The Morgan fingerprint density at radius 3 is 2.88 bits per heavy atom. The highest BCUT2D eigenvalue weighted by Crippen LogP contribution is 1.93. The number of hydrogen-bond donors (Lipinski definition) is 2. The molecule has 7 nitrogen and oxygen atoms in total. The lowest BCUT2D eigenvalue weighted by Gasteiger charge is -2.12. The van der Waals surface area contributed by atoms with Crippen LogP contribution in [0.3, 0.4) is 0 Å². The van der Waals surface area contributed by atoms with E-state index in [2.05, 4.69) is 10.1 Å². The Labute approximate surface area is 96.0 Å². The minimum Gasteiger partial charge on any atom is -0.389 e. The van der Waals surface area contributed by atoms with Gasteiger partial charge in [0.05, 0.1) is 25.5 Å². The van der Waals surface area contributed by atoms with Crippen molar-refractivity contribution in [3.63, 3.8) is 0 Å². The van der Waals surface area contributed by atoms with Crippen LogP contribution >= 0.6 is 0 Å². The molecule has 7 heteroatoms. The molecule has 2 heterocycles. The van der Waals surface area contributed by atoms with Crippen molar-refractivity contribution in [2.75, 3.05) is 0 Å². The van der Waals surface area contributed by atoms with Crippen molar-refractivity contribution in [1.82, 2.24) is 19.3 Å². The third-order valence-corrected chi connectivity index (χ3v) is 2.26. The van der Waals surface area contributed by atoms with Crippen molar-refractivity contribution in [1.29, 1.82) is 0 Å². The van der Waals surface area contributed by atoms with Crippen LogP contribution in [-0.2, 0) is 13.1 Å². The number of imidazole rings is 1. The molecule has 1 atom stereocenters. The topological polar surface area (TPSA) is 92.9 Å². The summed E-state index contributed by atoms with van der Waals surface area (Å²) >= 11 is 0. The predicted molar refractivity (Wildman–Crippen MR) is 59.6 cm³/mol. The number of hydrogen-bond acceptors (Lipinski definition) is 4. The lowest BCUT2D eigenvalue weighted by molar-refractivity contribution is 0.128. The first-order chi connectivity index (χ1) is 8.15. The first-order valence-electron chi connectivity index (χ1n) is 5.09. The summed E-state index contributed by atoms with van der Waals surface area (Å²) in [6.45, 7) is 0.344. The molecular weight excluding hydrogens is 224 g/mol. The van der Waals surface area contributed by atoms with Gasteiger partial charge in [0.25, 0.3) is 11.1 Å². The molecule has 0 amide bonds. The molecule has 2 aromatic heterocycles. The van der Waals surface area contributed by atoms with Gasteiger partial charge in [0.15, 0.2) is 0 Å². The molecule has 0 bridgehead atoms. The smallest absolute Gasteiger partial charge is 0.265 e. The Balaban J connectivity index is 2.08. The number of nitrogens with zero attached hydrogens (tertiary/aromatic N) is 3. The predicted octanol–water partition coefficient (Wildman–Crippen LogP) is -1.21. The van der Waals surface area contributed by atoms with Crippen LogP contribution in [0.5, 0.6) is 0 Å². The molecule has 0 aliphatic carbocycles. The summed E-state index contributed by atoms with van der Waals surface area (Å²) in [4.78, 5) is 26.2. The highest BCUT2D eigenvalue weighted by molar-refractivity contribution is 4.86. The third kappa shape index (κ3) is 2.91. The van der Waals surface area contributed by atoms with Gasteiger partial charge in [0, 0.05) is 24.5 Å². The normalized spacial score (nSPS) is 12.5. The average molecular weight is 236 g/mol. The van der Waals surface area contributed by atoms with Crippen LogP contribution in [0.25, 0.3) is 0 Å². The van der Waals surface area contributed by atoms with Crippen molar-refractivity contribution in [2.24, 2.45) is 0 Å². The van der Waals surface area contributed by atoms with Crippen molar-refractivity contribution in [2.45, 2.75) is 19.2 Å². The van der Waals surface area contributed by atoms with Gasteiger partial charge in [-0.15, -0.1) is 0 Å². The van der Waals surface area contributed by atoms with E-state index in [4.69, 9.17) is 0 Å². The number of aliphatic hydroxyl groups is 1. The molecule has 0 radical (unpaired) electrons. The van der Waals surface area contributed by atoms with Crippen LogP contribution in [0.4, 0.5) is 0 Å². The second-order valence-corrected chi connectivity index (χ2v) is 3.67. The molecule has 0 aromatic carbocycles. The summed E-state index contributed by atoms with van der Waals surface area (Å²) in [5.74, 6) is 0. The first kappa shape index (κ1) is 11.3. The molecule has 2 rings (SSSR count). The zero-order chi connectivity index (χ0) is 12.3. The van der Waals surface area contributed by atoms with Gasteiger partial charge in [-0.05, 0) is 0 Å². The summed E-state index contributed by atoms with van der Waals surface area (Å²) in [6, 6.07) is 2.32. The summed E-state index contributed by atoms with van der Waals surface area (Å²) < 4.78 is 2.78. The molecular formula is C10H12N4O3. The minimum atomic E-state index is -0.778. The lowest BCUT2D eigenvalue weighted by Crippen LogP contribution is -2.33. The number of aliphatic hydroxyl groups excluding tert-OH is 1. The fourth-order valence-electron chi connectivity index (χ4n) is 1.50. The van der Waals surface area contributed by atoms with Crippen molar-refractivity contribution in [3.8, 4) is 0 Å².